The van der Waals surface area contributed by atoms with Crippen LogP contribution in [0, 0.1) is 0 Å². The van der Waals surface area contributed by atoms with E-state index in [0.717, 1.165) is 18.2 Å². The standard InChI is InChI=1S/C30H26O13/c31-16-6-1-14(2-7-16)3-10-22(35)40-13-21-24(36)26(38)27(39)30(42-21)43-29-25(37)23-19(34)11-18(33)12-20(23)41-28(29)15-4-8-17(32)9-5-15/h1-12,21,24,26-27,30-34,36,38-39H,13H2/t21-,24+,26-,27+,30-/m0/s1. The van der Waals surface area contributed by atoms with Crippen LogP contribution in [-0.2, 0) is 14.3 Å². The summed E-state index contributed by atoms with van der Waals surface area (Å²) in [6.07, 6.45) is -6.17. The third kappa shape index (κ3) is 6.24. The Morgan fingerprint density at radius 3 is 2.16 bits per heavy atom. The predicted molar refractivity (Wildman–Crippen MR) is 148 cm³/mol. The molecule has 3 aromatic carbocycles. The normalized spacial score (nSPS) is 22.1. The lowest BCUT2D eigenvalue weighted by Gasteiger charge is -2.39. The number of phenols is 4. The molecule has 13 heteroatoms. The topological polar surface area (TPSA) is 217 Å². The van der Waals surface area contributed by atoms with E-state index < -0.39 is 66.0 Å². The predicted octanol–water partition coefficient (Wildman–Crippen LogP) is 1.73. The van der Waals surface area contributed by atoms with Gasteiger partial charge in [-0.3, -0.25) is 4.79 Å². The number of rotatable bonds is 7. The molecule has 0 saturated carbocycles. The van der Waals surface area contributed by atoms with Crippen molar-refractivity contribution in [3.05, 3.63) is 82.5 Å². The van der Waals surface area contributed by atoms with Crippen LogP contribution in [0.3, 0.4) is 0 Å². The summed E-state index contributed by atoms with van der Waals surface area (Å²) in [5.41, 5.74) is -0.328. The molecule has 13 nitrogen and oxygen atoms in total. The summed E-state index contributed by atoms with van der Waals surface area (Å²) >= 11 is 0. The number of ether oxygens (including phenoxy) is 3. The molecule has 1 aromatic heterocycles. The van der Waals surface area contributed by atoms with Crippen LogP contribution in [0.25, 0.3) is 28.4 Å². The van der Waals surface area contributed by atoms with E-state index in [1.165, 1.54) is 42.5 Å². The fourth-order valence-corrected chi connectivity index (χ4v) is 4.41. The molecule has 4 aromatic rings. The van der Waals surface area contributed by atoms with Crippen molar-refractivity contribution < 1.29 is 59.2 Å². The maximum absolute atomic E-state index is 13.5. The number of esters is 1. The molecule has 5 rings (SSSR count). The molecule has 7 N–H and O–H groups in total. The Labute approximate surface area is 242 Å². The molecule has 0 amide bonds. The van der Waals surface area contributed by atoms with Gasteiger partial charge in [0, 0.05) is 23.8 Å². The Kier molecular flexibility index (Phi) is 8.23. The van der Waals surface area contributed by atoms with Gasteiger partial charge in [0.05, 0.1) is 0 Å². The Balaban J connectivity index is 1.42. The molecule has 43 heavy (non-hydrogen) atoms. The minimum absolute atomic E-state index is 0.0495. The van der Waals surface area contributed by atoms with Crippen molar-refractivity contribution in [3.63, 3.8) is 0 Å². The lowest BCUT2D eigenvalue weighted by Crippen LogP contribution is -2.60. The zero-order valence-electron chi connectivity index (χ0n) is 22.1. The van der Waals surface area contributed by atoms with Gasteiger partial charge >= 0.3 is 5.97 Å². The third-order valence-corrected chi connectivity index (χ3v) is 6.64. The van der Waals surface area contributed by atoms with E-state index in [1.807, 2.05) is 0 Å². The molecular weight excluding hydrogens is 568 g/mol. The Morgan fingerprint density at radius 1 is 0.837 bits per heavy atom. The van der Waals surface area contributed by atoms with E-state index in [2.05, 4.69) is 0 Å². The molecule has 1 fully saturated rings. The van der Waals surface area contributed by atoms with Gasteiger partial charge in [-0.15, -0.1) is 0 Å². The number of hydrogen-bond acceptors (Lipinski definition) is 13. The fourth-order valence-electron chi connectivity index (χ4n) is 4.41. The van der Waals surface area contributed by atoms with Crippen LogP contribution in [0.5, 0.6) is 28.7 Å². The van der Waals surface area contributed by atoms with Crippen LogP contribution in [0.15, 0.2) is 76.0 Å². The van der Waals surface area contributed by atoms with Crippen molar-refractivity contribution >= 4 is 23.0 Å². The van der Waals surface area contributed by atoms with Crippen LogP contribution in [0.1, 0.15) is 5.56 Å². The SMILES string of the molecule is O=C(C=Cc1ccc(O)cc1)OC[C@@H]1O[C@@H](Oc2c(-c3ccc(O)cc3)oc3cc(O)cc(O)c3c2=O)[C@H](O)[C@@H](O)[C@@H]1O. The van der Waals surface area contributed by atoms with Gasteiger partial charge in [-0.1, -0.05) is 12.1 Å². The highest BCUT2D eigenvalue weighted by atomic mass is 16.7. The quantitative estimate of drug-likeness (QED) is 0.120. The van der Waals surface area contributed by atoms with E-state index >= 15 is 0 Å². The average Bonchev–Trinajstić information content (AvgIpc) is 2.97. The number of aliphatic hydroxyl groups excluding tert-OH is 3. The average molecular weight is 595 g/mol. The highest BCUT2D eigenvalue weighted by Crippen LogP contribution is 2.37. The van der Waals surface area contributed by atoms with E-state index in [-0.39, 0.29) is 33.8 Å². The van der Waals surface area contributed by atoms with E-state index in [1.54, 1.807) is 12.1 Å². The summed E-state index contributed by atoms with van der Waals surface area (Å²) in [5.74, 6) is -2.70. The van der Waals surface area contributed by atoms with Crippen molar-refractivity contribution in [2.24, 2.45) is 0 Å². The lowest BCUT2D eigenvalue weighted by molar-refractivity contribution is -0.278. The van der Waals surface area contributed by atoms with Gasteiger partial charge in [0.25, 0.3) is 0 Å². The van der Waals surface area contributed by atoms with Crippen molar-refractivity contribution in [2.45, 2.75) is 30.7 Å². The monoisotopic (exact) mass is 594 g/mol. The van der Waals surface area contributed by atoms with Crippen molar-refractivity contribution in [3.8, 4) is 40.1 Å². The van der Waals surface area contributed by atoms with Crippen molar-refractivity contribution in [1.82, 2.24) is 0 Å². The van der Waals surface area contributed by atoms with Gasteiger partial charge in [0.1, 0.15) is 65.0 Å². The molecule has 0 bridgehead atoms. The third-order valence-electron chi connectivity index (χ3n) is 6.64. The van der Waals surface area contributed by atoms with Gasteiger partial charge in [0.15, 0.2) is 5.76 Å². The van der Waals surface area contributed by atoms with Crippen molar-refractivity contribution in [2.75, 3.05) is 6.61 Å². The van der Waals surface area contributed by atoms with Gasteiger partial charge < -0.3 is 54.4 Å². The lowest BCUT2D eigenvalue weighted by atomic mass is 9.99. The van der Waals surface area contributed by atoms with Gasteiger partial charge in [-0.2, -0.15) is 0 Å². The molecule has 2 heterocycles. The van der Waals surface area contributed by atoms with Gasteiger partial charge in [-0.05, 0) is 48.0 Å². The number of aliphatic hydroxyl groups is 3. The number of fused-ring (bicyclic) bond motifs is 1. The number of phenolic OH excluding ortho intramolecular Hbond substituents is 4. The van der Waals surface area contributed by atoms with Crippen LogP contribution >= 0.6 is 0 Å². The van der Waals surface area contributed by atoms with E-state index in [9.17, 15) is 45.3 Å². The molecule has 1 aliphatic heterocycles. The van der Waals surface area contributed by atoms with Crippen LogP contribution < -0.4 is 10.2 Å². The van der Waals surface area contributed by atoms with E-state index in [0.29, 0.717) is 5.56 Å². The first-order valence-electron chi connectivity index (χ1n) is 12.8. The highest BCUT2D eigenvalue weighted by Gasteiger charge is 2.46. The summed E-state index contributed by atoms with van der Waals surface area (Å²) < 4.78 is 22.2. The fraction of sp³-hybridized carbons (Fsp3) is 0.200. The second-order valence-electron chi connectivity index (χ2n) is 9.66. The summed E-state index contributed by atoms with van der Waals surface area (Å²) in [4.78, 5) is 25.8. The Morgan fingerprint density at radius 2 is 1.49 bits per heavy atom. The molecule has 1 saturated heterocycles. The summed E-state index contributed by atoms with van der Waals surface area (Å²) in [5, 5.41) is 70.6. The molecule has 1 aliphatic rings. The van der Waals surface area contributed by atoms with Crippen molar-refractivity contribution in [1.29, 1.82) is 0 Å². The maximum Gasteiger partial charge on any atom is 0.330 e. The molecule has 5 atom stereocenters. The summed E-state index contributed by atoms with van der Waals surface area (Å²) in [6.45, 7) is -0.583. The van der Waals surface area contributed by atoms with Crippen LogP contribution in [0.4, 0.5) is 0 Å². The number of carbonyl (C=O) groups excluding carboxylic acids is 1. The Bertz CT molecular complexity index is 1710. The molecule has 224 valence electrons. The van der Waals surface area contributed by atoms with E-state index in [4.69, 9.17) is 18.6 Å². The number of benzene rings is 3. The molecule has 0 radical (unpaired) electrons. The van der Waals surface area contributed by atoms with Gasteiger partial charge in [-0.25, -0.2) is 4.79 Å². The zero-order valence-corrected chi connectivity index (χ0v) is 22.1. The first-order chi connectivity index (χ1) is 20.5. The first-order valence-corrected chi connectivity index (χ1v) is 12.8. The number of aromatic hydroxyl groups is 4. The minimum atomic E-state index is -1.90. The zero-order chi connectivity index (χ0) is 30.8. The summed E-state index contributed by atoms with van der Waals surface area (Å²) in [6, 6.07) is 13.4. The first kappa shape index (κ1) is 29.4. The minimum Gasteiger partial charge on any atom is -0.508 e. The van der Waals surface area contributed by atoms with Crippen LogP contribution in [0.2, 0.25) is 0 Å². The smallest absolute Gasteiger partial charge is 0.330 e. The highest BCUT2D eigenvalue weighted by molar-refractivity contribution is 5.88. The molecule has 0 aliphatic carbocycles. The number of carbonyl (C=O) groups is 1. The number of hydrogen-bond donors (Lipinski definition) is 7. The van der Waals surface area contributed by atoms with Gasteiger partial charge in [0.2, 0.25) is 17.5 Å². The van der Waals surface area contributed by atoms with Crippen LogP contribution in [-0.4, -0.2) is 79.0 Å². The molecule has 0 spiro atoms. The molecule has 0 unspecified atom stereocenters. The maximum atomic E-state index is 13.5. The second kappa shape index (κ2) is 12.0. The largest absolute Gasteiger partial charge is 0.508 e. The molecular formula is C30H26O13. The summed E-state index contributed by atoms with van der Waals surface area (Å²) in [7, 11) is 0. The Hall–Kier alpha value is -5.08. The second-order valence-corrected chi connectivity index (χ2v) is 9.66.